The predicted octanol–water partition coefficient (Wildman–Crippen LogP) is 2.19. The van der Waals surface area contributed by atoms with Gasteiger partial charge in [-0.2, -0.15) is 0 Å². The highest BCUT2D eigenvalue weighted by Crippen LogP contribution is 2.31. The van der Waals surface area contributed by atoms with Gasteiger partial charge in [0.15, 0.2) is 0 Å². The van der Waals surface area contributed by atoms with Gasteiger partial charge in [0.1, 0.15) is 11.6 Å². The van der Waals surface area contributed by atoms with Crippen LogP contribution in [-0.2, 0) is 0 Å². The Labute approximate surface area is 132 Å². The highest BCUT2D eigenvalue weighted by Gasteiger charge is 2.23. The van der Waals surface area contributed by atoms with Gasteiger partial charge in [0, 0.05) is 38.3 Å². The van der Waals surface area contributed by atoms with Crippen molar-refractivity contribution in [3.63, 3.8) is 0 Å². The molecule has 1 aliphatic heterocycles. The van der Waals surface area contributed by atoms with E-state index in [4.69, 9.17) is 4.74 Å². The van der Waals surface area contributed by atoms with E-state index in [2.05, 4.69) is 10.2 Å². The number of hydrogen-bond donors (Lipinski definition) is 2. The summed E-state index contributed by atoms with van der Waals surface area (Å²) in [6, 6.07) is 4.38. The zero-order valence-corrected chi connectivity index (χ0v) is 13.5. The van der Waals surface area contributed by atoms with E-state index in [1.165, 1.54) is 12.1 Å². The lowest BCUT2D eigenvalue weighted by atomic mass is 9.95. The highest BCUT2D eigenvalue weighted by atomic mass is 19.1. The summed E-state index contributed by atoms with van der Waals surface area (Å²) in [5.41, 5.74) is 0.552. The molecule has 4 nitrogen and oxygen atoms in total. The van der Waals surface area contributed by atoms with E-state index in [1.54, 1.807) is 6.07 Å². The minimum Gasteiger partial charge on any atom is -0.493 e. The van der Waals surface area contributed by atoms with Crippen molar-refractivity contribution in [2.75, 3.05) is 39.3 Å². The van der Waals surface area contributed by atoms with Crippen molar-refractivity contribution < 1.29 is 14.2 Å². The lowest BCUT2D eigenvalue weighted by Gasteiger charge is -2.31. The summed E-state index contributed by atoms with van der Waals surface area (Å²) in [6.45, 7) is 9.32. The molecule has 124 valence electrons. The van der Waals surface area contributed by atoms with Crippen LogP contribution in [0.4, 0.5) is 4.39 Å². The fourth-order valence-electron chi connectivity index (χ4n) is 2.80. The van der Waals surface area contributed by atoms with Gasteiger partial charge in [-0.1, -0.05) is 13.8 Å². The standard InChI is InChI=1S/C17H27FN2O2/c1-3-10-22-16-5-4-14(18)11-15(16)17(21)13(2)12-20-8-6-19-7-9-20/h4-5,11,13,17,19,21H,3,6-10,12H2,1-2H3. The molecule has 5 heteroatoms. The first-order chi connectivity index (χ1) is 10.6. The fourth-order valence-corrected chi connectivity index (χ4v) is 2.80. The van der Waals surface area contributed by atoms with Gasteiger partial charge in [-0.25, -0.2) is 4.39 Å². The number of ether oxygens (including phenoxy) is 1. The summed E-state index contributed by atoms with van der Waals surface area (Å²) < 4.78 is 19.2. The highest BCUT2D eigenvalue weighted by molar-refractivity contribution is 5.36. The van der Waals surface area contributed by atoms with Gasteiger partial charge in [-0.15, -0.1) is 0 Å². The Balaban J connectivity index is 2.05. The van der Waals surface area contributed by atoms with Crippen LogP contribution >= 0.6 is 0 Å². The van der Waals surface area contributed by atoms with Crippen molar-refractivity contribution in [1.29, 1.82) is 0 Å². The van der Waals surface area contributed by atoms with Crippen LogP contribution in [0.3, 0.4) is 0 Å². The molecule has 0 bridgehead atoms. The Kier molecular flexibility index (Phi) is 6.61. The Morgan fingerprint density at radius 2 is 2.09 bits per heavy atom. The summed E-state index contributed by atoms with van der Waals surface area (Å²) in [5, 5.41) is 14.0. The average molecular weight is 310 g/mol. The largest absolute Gasteiger partial charge is 0.493 e. The zero-order chi connectivity index (χ0) is 15.9. The molecule has 1 saturated heterocycles. The Morgan fingerprint density at radius 1 is 1.36 bits per heavy atom. The average Bonchev–Trinajstić information content (AvgIpc) is 2.54. The molecular weight excluding hydrogens is 283 g/mol. The third-order valence-electron chi connectivity index (χ3n) is 4.05. The molecule has 1 fully saturated rings. The van der Waals surface area contributed by atoms with Crippen molar-refractivity contribution in [1.82, 2.24) is 10.2 Å². The second-order valence-corrected chi connectivity index (χ2v) is 6.00. The maximum Gasteiger partial charge on any atom is 0.125 e. The van der Waals surface area contributed by atoms with Crippen molar-refractivity contribution in [3.8, 4) is 5.75 Å². The molecule has 2 atom stereocenters. The van der Waals surface area contributed by atoms with Gasteiger partial charge in [0.05, 0.1) is 12.7 Å². The number of nitrogens with zero attached hydrogens (tertiary/aromatic N) is 1. The SMILES string of the molecule is CCCOc1ccc(F)cc1C(O)C(C)CN1CCNCC1. The fraction of sp³-hybridized carbons (Fsp3) is 0.647. The van der Waals surface area contributed by atoms with Gasteiger partial charge in [0.25, 0.3) is 0 Å². The van der Waals surface area contributed by atoms with Gasteiger partial charge in [-0.3, -0.25) is 0 Å². The van der Waals surface area contributed by atoms with E-state index < -0.39 is 6.10 Å². The molecule has 1 heterocycles. The molecule has 2 N–H and O–H groups in total. The molecule has 0 saturated carbocycles. The van der Waals surface area contributed by atoms with Gasteiger partial charge in [0.2, 0.25) is 0 Å². The zero-order valence-electron chi connectivity index (χ0n) is 13.5. The van der Waals surface area contributed by atoms with E-state index >= 15 is 0 Å². The summed E-state index contributed by atoms with van der Waals surface area (Å²) in [5.74, 6) is 0.263. The van der Waals surface area contributed by atoms with Gasteiger partial charge >= 0.3 is 0 Å². The minimum atomic E-state index is -0.725. The smallest absolute Gasteiger partial charge is 0.125 e. The first-order valence-electron chi connectivity index (χ1n) is 8.15. The maximum atomic E-state index is 13.6. The van der Waals surface area contributed by atoms with Crippen molar-refractivity contribution in [2.45, 2.75) is 26.4 Å². The molecule has 1 aromatic carbocycles. The Morgan fingerprint density at radius 3 is 2.77 bits per heavy atom. The number of benzene rings is 1. The molecule has 0 spiro atoms. The number of hydrogen-bond acceptors (Lipinski definition) is 4. The third kappa shape index (κ3) is 4.66. The maximum absolute atomic E-state index is 13.6. The van der Waals surface area contributed by atoms with E-state index in [1.807, 2.05) is 13.8 Å². The number of nitrogens with one attached hydrogen (secondary N) is 1. The molecular formula is C17H27FN2O2. The monoisotopic (exact) mass is 310 g/mol. The molecule has 0 amide bonds. The molecule has 0 aromatic heterocycles. The van der Waals surface area contributed by atoms with Gasteiger partial charge < -0.3 is 20.1 Å². The Bertz CT molecular complexity index is 464. The predicted molar refractivity (Wildman–Crippen MR) is 85.6 cm³/mol. The first-order valence-corrected chi connectivity index (χ1v) is 8.15. The number of piperazine rings is 1. The molecule has 22 heavy (non-hydrogen) atoms. The minimum absolute atomic E-state index is 0.0175. The second-order valence-electron chi connectivity index (χ2n) is 6.00. The van der Waals surface area contributed by atoms with E-state index in [-0.39, 0.29) is 11.7 Å². The Hall–Kier alpha value is -1.17. The summed E-state index contributed by atoms with van der Waals surface area (Å²) in [7, 11) is 0. The van der Waals surface area contributed by atoms with Crippen LogP contribution in [-0.4, -0.2) is 49.3 Å². The number of aliphatic hydroxyl groups is 1. The second kappa shape index (κ2) is 8.46. The van der Waals surface area contributed by atoms with E-state index in [9.17, 15) is 9.50 Å². The summed E-state index contributed by atoms with van der Waals surface area (Å²) >= 11 is 0. The van der Waals surface area contributed by atoms with Crippen LogP contribution in [0, 0.1) is 11.7 Å². The van der Waals surface area contributed by atoms with E-state index in [0.29, 0.717) is 17.9 Å². The normalized spacial score (nSPS) is 18.9. The molecule has 0 radical (unpaired) electrons. The lowest BCUT2D eigenvalue weighted by molar-refractivity contribution is 0.0812. The molecule has 1 aromatic rings. The molecule has 1 aliphatic rings. The number of rotatable bonds is 7. The molecule has 2 unspecified atom stereocenters. The van der Waals surface area contributed by atoms with Crippen LogP contribution in [0.1, 0.15) is 31.9 Å². The first kappa shape index (κ1) is 17.2. The van der Waals surface area contributed by atoms with Crippen molar-refractivity contribution in [2.24, 2.45) is 5.92 Å². The molecule has 0 aliphatic carbocycles. The third-order valence-corrected chi connectivity index (χ3v) is 4.05. The number of halogens is 1. The van der Waals surface area contributed by atoms with Crippen LogP contribution < -0.4 is 10.1 Å². The van der Waals surface area contributed by atoms with Crippen LogP contribution in [0.25, 0.3) is 0 Å². The summed E-state index contributed by atoms with van der Waals surface area (Å²) in [4.78, 5) is 2.33. The van der Waals surface area contributed by atoms with Gasteiger partial charge in [-0.05, 0) is 30.5 Å². The van der Waals surface area contributed by atoms with Crippen molar-refractivity contribution in [3.05, 3.63) is 29.6 Å². The molecule has 2 rings (SSSR count). The topological polar surface area (TPSA) is 44.7 Å². The number of aliphatic hydroxyl groups excluding tert-OH is 1. The quantitative estimate of drug-likeness (QED) is 0.810. The van der Waals surface area contributed by atoms with Crippen LogP contribution in [0.5, 0.6) is 5.75 Å². The van der Waals surface area contributed by atoms with Crippen molar-refractivity contribution >= 4 is 0 Å². The lowest BCUT2D eigenvalue weighted by Crippen LogP contribution is -2.45. The van der Waals surface area contributed by atoms with Crippen LogP contribution in [0.15, 0.2) is 18.2 Å². The van der Waals surface area contributed by atoms with E-state index in [0.717, 1.165) is 39.1 Å². The summed E-state index contributed by atoms with van der Waals surface area (Å²) in [6.07, 6.45) is 0.154. The van der Waals surface area contributed by atoms with Crippen LogP contribution in [0.2, 0.25) is 0 Å².